The lowest BCUT2D eigenvalue weighted by Crippen LogP contribution is -1.84. The second-order valence-electron chi connectivity index (χ2n) is 3.91. The molecule has 3 rings (SSSR count). The molecule has 2 heterocycles. The molecule has 0 bridgehead atoms. The Bertz CT molecular complexity index is 726. The van der Waals surface area contributed by atoms with E-state index in [1.165, 1.54) is 0 Å². The lowest BCUT2D eigenvalue weighted by molar-refractivity contribution is 1.33. The van der Waals surface area contributed by atoms with Crippen molar-refractivity contribution in [3.8, 4) is 11.1 Å². The lowest BCUT2D eigenvalue weighted by atomic mass is 10.1. The van der Waals surface area contributed by atoms with Gasteiger partial charge in [-0.25, -0.2) is 4.98 Å². The molecule has 2 nitrogen and oxygen atoms in total. The highest BCUT2D eigenvalue weighted by Crippen LogP contribution is 2.28. The number of halogens is 2. The summed E-state index contributed by atoms with van der Waals surface area (Å²) in [5.74, 6) is 0. The minimum Gasteiger partial charge on any atom is -0.256 e. The van der Waals surface area contributed by atoms with E-state index in [-0.39, 0.29) is 0 Å². The molecular formula is C14H8Cl2N2. The van der Waals surface area contributed by atoms with Gasteiger partial charge < -0.3 is 0 Å². The Kier molecular flexibility index (Phi) is 2.90. The van der Waals surface area contributed by atoms with Gasteiger partial charge in [-0.1, -0.05) is 35.3 Å². The zero-order valence-corrected chi connectivity index (χ0v) is 10.8. The molecule has 0 radical (unpaired) electrons. The normalized spacial score (nSPS) is 10.8. The molecule has 2 aromatic heterocycles. The first-order valence-corrected chi connectivity index (χ1v) is 6.16. The van der Waals surface area contributed by atoms with E-state index in [4.69, 9.17) is 23.2 Å². The Hall–Kier alpha value is -1.64. The maximum absolute atomic E-state index is 5.98. The molecule has 0 amide bonds. The van der Waals surface area contributed by atoms with E-state index in [9.17, 15) is 0 Å². The Morgan fingerprint density at radius 1 is 0.889 bits per heavy atom. The number of rotatable bonds is 1. The van der Waals surface area contributed by atoms with E-state index in [0.29, 0.717) is 10.2 Å². The van der Waals surface area contributed by atoms with Crippen LogP contribution in [0.5, 0.6) is 0 Å². The monoisotopic (exact) mass is 274 g/mol. The molecule has 0 saturated heterocycles. The van der Waals surface area contributed by atoms with Gasteiger partial charge >= 0.3 is 0 Å². The molecule has 0 aliphatic carbocycles. The average Bonchev–Trinajstić information content (AvgIpc) is 2.41. The highest BCUT2D eigenvalue weighted by Gasteiger charge is 2.04. The van der Waals surface area contributed by atoms with Gasteiger partial charge in [0.15, 0.2) is 0 Å². The van der Waals surface area contributed by atoms with Crippen LogP contribution < -0.4 is 0 Å². The third-order valence-corrected chi connectivity index (χ3v) is 3.42. The number of pyridine rings is 2. The quantitative estimate of drug-likeness (QED) is 0.606. The van der Waals surface area contributed by atoms with Crippen molar-refractivity contribution in [1.29, 1.82) is 0 Å². The fourth-order valence-electron chi connectivity index (χ4n) is 1.83. The van der Waals surface area contributed by atoms with Crippen molar-refractivity contribution in [3.63, 3.8) is 0 Å². The van der Waals surface area contributed by atoms with Gasteiger partial charge in [-0.3, -0.25) is 4.98 Å². The Morgan fingerprint density at radius 3 is 2.61 bits per heavy atom. The number of fused-ring (bicyclic) bond motifs is 1. The van der Waals surface area contributed by atoms with Gasteiger partial charge in [-0.2, -0.15) is 0 Å². The van der Waals surface area contributed by atoms with Gasteiger partial charge in [0.05, 0.1) is 10.5 Å². The van der Waals surface area contributed by atoms with Crippen molar-refractivity contribution in [2.24, 2.45) is 0 Å². The largest absolute Gasteiger partial charge is 0.256 e. The second kappa shape index (κ2) is 4.56. The van der Waals surface area contributed by atoms with E-state index in [2.05, 4.69) is 16.0 Å². The zero-order valence-electron chi connectivity index (χ0n) is 9.27. The van der Waals surface area contributed by atoms with Crippen molar-refractivity contribution >= 4 is 34.1 Å². The van der Waals surface area contributed by atoms with Gasteiger partial charge in [0.25, 0.3) is 0 Å². The number of hydrogen-bond acceptors (Lipinski definition) is 2. The first kappa shape index (κ1) is 11.5. The smallest absolute Gasteiger partial charge is 0.147 e. The standard InChI is InChI=1S/C14H8Cl2N2/c15-12-7-11(8-18-14(12)16)9-3-4-13-10(6-9)2-1-5-17-13/h1-8H. The molecule has 0 unspecified atom stereocenters. The van der Waals surface area contributed by atoms with Crippen LogP contribution in [0.15, 0.2) is 48.8 Å². The van der Waals surface area contributed by atoms with Crippen molar-refractivity contribution in [2.75, 3.05) is 0 Å². The zero-order chi connectivity index (χ0) is 12.5. The number of hydrogen-bond donors (Lipinski definition) is 0. The maximum Gasteiger partial charge on any atom is 0.147 e. The highest BCUT2D eigenvalue weighted by molar-refractivity contribution is 6.41. The van der Waals surface area contributed by atoms with Crippen LogP contribution in [0.4, 0.5) is 0 Å². The van der Waals surface area contributed by atoms with E-state index in [1.54, 1.807) is 12.4 Å². The van der Waals surface area contributed by atoms with Crippen LogP contribution in [0.2, 0.25) is 10.2 Å². The Morgan fingerprint density at radius 2 is 1.78 bits per heavy atom. The number of benzene rings is 1. The van der Waals surface area contributed by atoms with Crippen LogP contribution in [0.3, 0.4) is 0 Å². The van der Waals surface area contributed by atoms with Gasteiger partial charge in [-0.05, 0) is 29.8 Å². The molecule has 0 fully saturated rings. The van der Waals surface area contributed by atoms with Crippen LogP contribution >= 0.6 is 23.2 Å². The summed E-state index contributed by atoms with van der Waals surface area (Å²) in [7, 11) is 0. The molecule has 0 atom stereocenters. The molecular weight excluding hydrogens is 267 g/mol. The van der Waals surface area contributed by atoms with Crippen LogP contribution in [0.1, 0.15) is 0 Å². The Labute approximate surface area is 114 Å². The summed E-state index contributed by atoms with van der Waals surface area (Å²) in [6, 6.07) is 11.8. The summed E-state index contributed by atoms with van der Waals surface area (Å²) in [6.07, 6.45) is 3.49. The molecule has 18 heavy (non-hydrogen) atoms. The van der Waals surface area contributed by atoms with E-state index in [0.717, 1.165) is 22.0 Å². The molecule has 0 aliphatic heterocycles. The summed E-state index contributed by atoms with van der Waals surface area (Å²) in [4.78, 5) is 8.34. The van der Waals surface area contributed by atoms with Gasteiger partial charge in [0.1, 0.15) is 5.15 Å². The topological polar surface area (TPSA) is 25.8 Å². The first-order chi connectivity index (χ1) is 8.74. The minimum absolute atomic E-state index is 0.322. The van der Waals surface area contributed by atoms with E-state index in [1.807, 2.05) is 30.3 Å². The number of aromatic nitrogens is 2. The third kappa shape index (κ3) is 2.05. The van der Waals surface area contributed by atoms with Crippen molar-refractivity contribution in [1.82, 2.24) is 9.97 Å². The molecule has 1 aromatic carbocycles. The molecule has 3 aromatic rings. The summed E-state index contributed by atoms with van der Waals surface area (Å²) in [6.45, 7) is 0. The maximum atomic E-state index is 5.98. The highest BCUT2D eigenvalue weighted by atomic mass is 35.5. The molecule has 0 aliphatic rings. The van der Waals surface area contributed by atoms with Crippen LogP contribution in [-0.4, -0.2) is 9.97 Å². The SMILES string of the molecule is Clc1cc(-c2ccc3ncccc3c2)cnc1Cl. The predicted molar refractivity (Wildman–Crippen MR) is 75.0 cm³/mol. The molecule has 88 valence electrons. The van der Waals surface area contributed by atoms with Gasteiger partial charge in [-0.15, -0.1) is 0 Å². The van der Waals surface area contributed by atoms with Crippen LogP contribution in [0, 0.1) is 0 Å². The first-order valence-electron chi connectivity index (χ1n) is 5.40. The van der Waals surface area contributed by atoms with Crippen molar-refractivity contribution < 1.29 is 0 Å². The van der Waals surface area contributed by atoms with Crippen LogP contribution in [-0.2, 0) is 0 Å². The van der Waals surface area contributed by atoms with Gasteiger partial charge in [0.2, 0.25) is 0 Å². The minimum atomic E-state index is 0.322. The Balaban J connectivity index is 2.16. The molecule has 0 spiro atoms. The summed E-state index contributed by atoms with van der Waals surface area (Å²) >= 11 is 11.8. The fraction of sp³-hybridized carbons (Fsp3) is 0. The summed E-state index contributed by atoms with van der Waals surface area (Å²) < 4.78 is 0. The lowest BCUT2D eigenvalue weighted by Gasteiger charge is -2.04. The predicted octanol–water partition coefficient (Wildman–Crippen LogP) is 4.60. The third-order valence-electron chi connectivity index (χ3n) is 2.73. The van der Waals surface area contributed by atoms with Crippen molar-refractivity contribution in [2.45, 2.75) is 0 Å². The van der Waals surface area contributed by atoms with E-state index < -0.39 is 0 Å². The molecule has 4 heteroatoms. The fourth-order valence-corrected chi connectivity index (χ4v) is 2.10. The van der Waals surface area contributed by atoms with Crippen molar-refractivity contribution in [3.05, 3.63) is 59.0 Å². The molecule has 0 N–H and O–H groups in total. The molecule has 0 saturated carbocycles. The number of nitrogens with zero attached hydrogens (tertiary/aromatic N) is 2. The summed E-state index contributed by atoms with van der Waals surface area (Å²) in [5.41, 5.74) is 2.95. The average molecular weight is 275 g/mol. The van der Waals surface area contributed by atoms with E-state index >= 15 is 0 Å². The second-order valence-corrected chi connectivity index (χ2v) is 4.67. The van der Waals surface area contributed by atoms with Crippen LogP contribution in [0.25, 0.3) is 22.0 Å². The summed E-state index contributed by atoms with van der Waals surface area (Å²) in [5, 5.41) is 1.87. The van der Waals surface area contributed by atoms with Gasteiger partial charge in [0, 0.05) is 23.3 Å².